The molecule has 0 aliphatic carbocycles. The molecule has 0 saturated carbocycles. The Morgan fingerprint density at radius 1 is 0.800 bits per heavy atom. The molecular formula is C16H14BrF3. The van der Waals surface area contributed by atoms with Crippen LogP contribution in [0.15, 0.2) is 24.3 Å². The SMILES string of the molecule is Cc1cc(C)c(C(Br)c2c(F)cc(F)cc2F)c(C)c1. The lowest BCUT2D eigenvalue weighted by molar-refractivity contribution is 0.527. The fraction of sp³-hybridized carbons (Fsp3) is 0.250. The lowest BCUT2D eigenvalue weighted by Gasteiger charge is -2.18. The van der Waals surface area contributed by atoms with Crippen LogP contribution in [0.2, 0.25) is 0 Å². The lowest BCUT2D eigenvalue weighted by atomic mass is 9.93. The smallest absolute Gasteiger partial charge is 0.133 e. The van der Waals surface area contributed by atoms with Gasteiger partial charge in [0.15, 0.2) is 0 Å². The van der Waals surface area contributed by atoms with Crippen LogP contribution in [-0.2, 0) is 0 Å². The Hall–Kier alpha value is -1.29. The summed E-state index contributed by atoms with van der Waals surface area (Å²) in [7, 11) is 0. The van der Waals surface area contributed by atoms with Crippen molar-refractivity contribution >= 4 is 15.9 Å². The Morgan fingerprint density at radius 2 is 1.25 bits per heavy atom. The topological polar surface area (TPSA) is 0 Å². The summed E-state index contributed by atoms with van der Waals surface area (Å²) in [5, 5.41) is 0. The normalized spacial score (nSPS) is 12.6. The van der Waals surface area contributed by atoms with E-state index in [1.807, 2.05) is 32.9 Å². The molecule has 0 bridgehead atoms. The predicted octanol–water partition coefficient (Wildman–Crippen LogP) is 5.51. The monoisotopic (exact) mass is 342 g/mol. The zero-order chi connectivity index (χ0) is 15.0. The number of halogens is 4. The molecule has 0 aliphatic rings. The van der Waals surface area contributed by atoms with Gasteiger partial charge in [-0.05, 0) is 37.5 Å². The first-order chi connectivity index (χ1) is 9.31. The van der Waals surface area contributed by atoms with Gasteiger partial charge in [-0.25, -0.2) is 13.2 Å². The van der Waals surface area contributed by atoms with Crippen molar-refractivity contribution in [1.82, 2.24) is 0 Å². The van der Waals surface area contributed by atoms with Gasteiger partial charge in [0.2, 0.25) is 0 Å². The maximum Gasteiger partial charge on any atom is 0.133 e. The number of hydrogen-bond acceptors (Lipinski definition) is 0. The highest BCUT2D eigenvalue weighted by atomic mass is 79.9. The minimum atomic E-state index is -0.916. The van der Waals surface area contributed by atoms with Crippen LogP contribution in [0.4, 0.5) is 13.2 Å². The molecule has 0 radical (unpaired) electrons. The van der Waals surface area contributed by atoms with Crippen LogP contribution in [-0.4, -0.2) is 0 Å². The Bertz CT molecular complexity index is 561. The Labute approximate surface area is 124 Å². The van der Waals surface area contributed by atoms with Crippen LogP contribution in [0.1, 0.15) is 32.6 Å². The van der Waals surface area contributed by atoms with Crippen LogP contribution in [0, 0.1) is 38.2 Å². The maximum absolute atomic E-state index is 13.9. The fourth-order valence-electron chi connectivity index (χ4n) is 2.53. The van der Waals surface area contributed by atoms with Gasteiger partial charge >= 0.3 is 0 Å². The Morgan fingerprint density at radius 3 is 1.70 bits per heavy atom. The van der Waals surface area contributed by atoms with Gasteiger partial charge in [0.05, 0.1) is 4.83 Å². The molecule has 20 heavy (non-hydrogen) atoms. The van der Waals surface area contributed by atoms with Gasteiger partial charge in [-0.15, -0.1) is 0 Å². The van der Waals surface area contributed by atoms with E-state index in [0.717, 1.165) is 22.3 Å². The quantitative estimate of drug-likeness (QED) is 0.631. The molecule has 1 atom stereocenters. The number of aryl methyl sites for hydroxylation is 3. The molecule has 2 rings (SSSR count). The molecule has 2 aromatic rings. The van der Waals surface area contributed by atoms with Crippen LogP contribution < -0.4 is 0 Å². The summed E-state index contributed by atoms with van der Waals surface area (Å²) in [4.78, 5) is -0.649. The van der Waals surface area contributed by atoms with E-state index in [-0.39, 0.29) is 5.56 Å². The molecule has 4 heteroatoms. The van der Waals surface area contributed by atoms with E-state index < -0.39 is 22.3 Å². The van der Waals surface area contributed by atoms with Crippen LogP contribution in [0.3, 0.4) is 0 Å². The summed E-state index contributed by atoms with van der Waals surface area (Å²) in [6.45, 7) is 5.75. The minimum absolute atomic E-state index is 0.165. The largest absolute Gasteiger partial charge is 0.207 e. The molecule has 0 nitrogen and oxygen atoms in total. The molecule has 0 amide bonds. The van der Waals surface area contributed by atoms with E-state index in [2.05, 4.69) is 15.9 Å². The highest BCUT2D eigenvalue weighted by Crippen LogP contribution is 2.38. The van der Waals surface area contributed by atoms with Gasteiger partial charge in [-0.3, -0.25) is 0 Å². The number of hydrogen-bond donors (Lipinski definition) is 0. The average Bonchev–Trinajstić information content (AvgIpc) is 2.25. The molecule has 1 unspecified atom stereocenters. The van der Waals surface area contributed by atoms with Crippen LogP contribution in [0.5, 0.6) is 0 Å². The minimum Gasteiger partial charge on any atom is -0.207 e. The second-order valence-electron chi connectivity index (χ2n) is 4.96. The van der Waals surface area contributed by atoms with E-state index >= 15 is 0 Å². The number of alkyl halides is 1. The first-order valence-electron chi connectivity index (χ1n) is 6.17. The number of rotatable bonds is 2. The van der Waals surface area contributed by atoms with Crippen molar-refractivity contribution in [3.63, 3.8) is 0 Å². The lowest BCUT2D eigenvalue weighted by Crippen LogP contribution is -2.05. The highest BCUT2D eigenvalue weighted by Gasteiger charge is 2.23. The molecule has 0 fully saturated rings. The summed E-state index contributed by atoms with van der Waals surface area (Å²) in [6.07, 6.45) is 0. The zero-order valence-corrected chi connectivity index (χ0v) is 13.0. The van der Waals surface area contributed by atoms with Crippen molar-refractivity contribution in [3.8, 4) is 0 Å². The Kier molecular flexibility index (Phi) is 4.23. The summed E-state index contributed by atoms with van der Waals surface area (Å²) in [6, 6.07) is 5.31. The van der Waals surface area contributed by atoms with Crippen molar-refractivity contribution in [2.24, 2.45) is 0 Å². The second-order valence-corrected chi connectivity index (χ2v) is 5.87. The molecule has 2 aromatic carbocycles. The van der Waals surface area contributed by atoms with E-state index in [1.165, 1.54) is 0 Å². The Balaban J connectivity index is 2.61. The second kappa shape index (κ2) is 5.60. The number of benzene rings is 2. The van der Waals surface area contributed by atoms with Crippen molar-refractivity contribution in [2.75, 3.05) is 0 Å². The molecule has 0 aliphatic heterocycles. The molecule has 0 heterocycles. The van der Waals surface area contributed by atoms with E-state index in [4.69, 9.17) is 0 Å². The van der Waals surface area contributed by atoms with Crippen LogP contribution in [0.25, 0.3) is 0 Å². The molecule has 0 saturated heterocycles. The average molecular weight is 343 g/mol. The standard InChI is InChI=1S/C16H14BrF3/c1-8-4-9(2)14(10(3)5-8)16(17)15-12(19)6-11(18)7-13(15)20/h4-7,16H,1-3H3. The summed E-state index contributed by atoms with van der Waals surface area (Å²) in [5.41, 5.74) is 3.60. The van der Waals surface area contributed by atoms with E-state index in [0.29, 0.717) is 12.1 Å². The predicted molar refractivity (Wildman–Crippen MR) is 77.7 cm³/mol. The zero-order valence-electron chi connectivity index (χ0n) is 11.4. The third-order valence-electron chi connectivity index (χ3n) is 3.29. The van der Waals surface area contributed by atoms with Crippen molar-refractivity contribution in [2.45, 2.75) is 25.6 Å². The third kappa shape index (κ3) is 2.75. The molecule has 106 valence electrons. The van der Waals surface area contributed by atoms with Crippen LogP contribution >= 0.6 is 15.9 Å². The highest BCUT2D eigenvalue weighted by molar-refractivity contribution is 9.09. The summed E-state index contributed by atoms with van der Waals surface area (Å²) >= 11 is 3.34. The fourth-order valence-corrected chi connectivity index (χ4v) is 3.69. The van der Waals surface area contributed by atoms with Gasteiger partial charge < -0.3 is 0 Å². The van der Waals surface area contributed by atoms with E-state index in [1.54, 1.807) is 0 Å². The van der Waals surface area contributed by atoms with Gasteiger partial charge in [-0.2, -0.15) is 0 Å². The molecular weight excluding hydrogens is 329 g/mol. The van der Waals surface area contributed by atoms with Gasteiger partial charge in [-0.1, -0.05) is 33.6 Å². The van der Waals surface area contributed by atoms with E-state index in [9.17, 15) is 13.2 Å². The maximum atomic E-state index is 13.9. The summed E-state index contributed by atoms with van der Waals surface area (Å²) in [5.74, 6) is -2.69. The van der Waals surface area contributed by atoms with Gasteiger partial charge in [0, 0.05) is 17.7 Å². The molecule has 0 spiro atoms. The van der Waals surface area contributed by atoms with Crippen molar-refractivity contribution in [3.05, 3.63) is 69.5 Å². The van der Waals surface area contributed by atoms with Crippen molar-refractivity contribution < 1.29 is 13.2 Å². The summed E-state index contributed by atoms with van der Waals surface area (Å²) < 4.78 is 40.8. The van der Waals surface area contributed by atoms with Gasteiger partial charge in [0.25, 0.3) is 0 Å². The first-order valence-corrected chi connectivity index (χ1v) is 7.09. The molecule has 0 N–H and O–H groups in total. The molecule has 0 aromatic heterocycles. The first kappa shape index (κ1) is 15.1. The van der Waals surface area contributed by atoms with Crippen molar-refractivity contribution in [1.29, 1.82) is 0 Å². The third-order valence-corrected chi connectivity index (χ3v) is 4.20. The van der Waals surface area contributed by atoms with Gasteiger partial charge in [0.1, 0.15) is 17.5 Å².